The zero-order valence-electron chi connectivity index (χ0n) is 20.5. The summed E-state index contributed by atoms with van der Waals surface area (Å²) in [6, 6.07) is 30.0. The molecule has 0 bridgehead atoms. The fourth-order valence-corrected chi connectivity index (χ4v) is 5.00. The number of thioether (sulfide) groups is 1. The second-order valence-corrected chi connectivity index (χ2v) is 9.57. The summed E-state index contributed by atoms with van der Waals surface area (Å²) in [5.41, 5.74) is 4.79. The summed E-state index contributed by atoms with van der Waals surface area (Å²) in [6.07, 6.45) is 1.82. The third-order valence-electron chi connectivity index (χ3n) is 6.06. The first-order chi connectivity index (χ1) is 18.1. The number of allylic oxidation sites excluding steroid dienone is 1. The van der Waals surface area contributed by atoms with Crippen molar-refractivity contribution in [1.82, 2.24) is 25.1 Å². The minimum Gasteiger partial charge on any atom is -0.349 e. The zero-order chi connectivity index (χ0) is 25.6. The Bertz CT molecular complexity index is 1530. The fraction of sp³-hybridized carbons (Fsp3) is 0.133. The summed E-state index contributed by atoms with van der Waals surface area (Å²) >= 11 is 1.37. The van der Waals surface area contributed by atoms with Crippen LogP contribution in [0, 0.1) is 0 Å². The van der Waals surface area contributed by atoms with Gasteiger partial charge in [-0.1, -0.05) is 96.7 Å². The van der Waals surface area contributed by atoms with Gasteiger partial charge in [0.25, 0.3) is 0 Å². The molecule has 1 unspecified atom stereocenters. The van der Waals surface area contributed by atoms with E-state index in [4.69, 9.17) is 4.98 Å². The van der Waals surface area contributed by atoms with Crippen LogP contribution in [0.3, 0.4) is 0 Å². The molecule has 2 heterocycles. The van der Waals surface area contributed by atoms with Crippen LogP contribution in [0.25, 0.3) is 33.5 Å². The van der Waals surface area contributed by atoms with Gasteiger partial charge in [0.05, 0.1) is 23.0 Å². The minimum absolute atomic E-state index is 0.0585. The summed E-state index contributed by atoms with van der Waals surface area (Å²) < 4.78 is 2.00. The van der Waals surface area contributed by atoms with Crippen LogP contribution in [0.1, 0.15) is 18.5 Å². The Labute approximate surface area is 220 Å². The number of nitrogens with one attached hydrogen (secondary N) is 1. The van der Waals surface area contributed by atoms with E-state index in [0.29, 0.717) is 11.7 Å². The summed E-state index contributed by atoms with van der Waals surface area (Å²) in [6.45, 7) is 6.43. The van der Waals surface area contributed by atoms with Crippen LogP contribution in [0.4, 0.5) is 0 Å². The molecule has 1 amide bonds. The number of carbonyl (C=O) groups is 1. The van der Waals surface area contributed by atoms with Crippen molar-refractivity contribution in [2.45, 2.75) is 24.7 Å². The number of carbonyl (C=O) groups excluding carboxylic acids is 1. The molecule has 0 spiro atoms. The molecule has 7 heteroatoms. The van der Waals surface area contributed by atoms with Crippen molar-refractivity contribution in [2.24, 2.45) is 0 Å². The second-order valence-electron chi connectivity index (χ2n) is 8.63. The summed E-state index contributed by atoms with van der Waals surface area (Å²) in [5.74, 6) is 0.895. The highest BCUT2D eigenvalue weighted by Gasteiger charge is 2.19. The number of hydrogen-bond acceptors (Lipinski definition) is 5. The molecule has 37 heavy (non-hydrogen) atoms. The number of nitrogens with zero attached hydrogens (tertiary/aromatic N) is 4. The molecule has 184 valence electrons. The number of aromatic nitrogens is 4. The summed E-state index contributed by atoms with van der Waals surface area (Å²) in [4.78, 5) is 17.6. The smallest absolute Gasteiger partial charge is 0.230 e. The van der Waals surface area contributed by atoms with Crippen LogP contribution in [0.15, 0.2) is 109 Å². The van der Waals surface area contributed by atoms with Gasteiger partial charge in [0, 0.05) is 23.1 Å². The number of para-hydroxylation sites is 1. The maximum absolute atomic E-state index is 12.7. The minimum atomic E-state index is -0.0736. The summed E-state index contributed by atoms with van der Waals surface area (Å²) in [7, 11) is 0. The number of benzene rings is 3. The van der Waals surface area contributed by atoms with E-state index >= 15 is 0 Å². The van der Waals surface area contributed by atoms with E-state index in [0.717, 1.165) is 39.1 Å². The van der Waals surface area contributed by atoms with Gasteiger partial charge in [0.1, 0.15) is 0 Å². The molecule has 1 atom stereocenters. The molecule has 0 aliphatic carbocycles. The Balaban J connectivity index is 1.44. The molecule has 0 saturated carbocycles. The Morgan fingerprint density at radius 1 is 1.00 bits per heavy atom. The number of hydrogen-bond donors (Lipinski definition) is 1. The van der Waals surface area contributed by atoms with Crippen molar-refractivity contribution in [3.05, 3.63) is 109 Å². The van der Waals surface area contributed by atoms with Crippen LogP contribution in [-0.4, -0.2) is 31.4 Å². The predicted octanol–water partition coefficient (Wildman–Crippen LogP) is 6.32. The lowest BCUT2D eigenvalue weighted by Crippen LogP contribution is -2.28. The lowest BCUT2D eigenvalue weighted by Gasteiger charge is -2.14. The third-order valence-corrected chi connectivity index (χ3v) is 7.03. The first-order valence-corrected chi connectivity index (χ1v) is 13.1. The molecular formula is C30H27N5OS. The Kier molecular flexibility index (Phi) is 7.42. The zero-order valence-corrected chi connectivity index (χ0v) is 21.4. The molecule has 5 rings (SSSR count). The second kappa shape index (κ2) is 11.2. The quantitative estimate of drug-likeness (QED) is 0.188. The maximum Gasteiger partial charge on any atom is 0.230 e. The SMILES string of the molecule is C=CCn1c(SCC(=O)NC(C)c2ccccc2)nnc1-c1cc(-c2ccccc2)nc2ccccc12. The van der Waals surface area contributed by atoms with Gasteiger partial charge in [-0.25, -0.2) is 4.98 Å². The monoisotopic (exact) mass is 505 g/mol. The number of pyridine rings is 1. The molecule has 0 aliphatic rings. The molecule has 0 fully saturated rings. The topological polar surface area (TPSA) is 72.7 Å². The molecule has 0 aliphatic heterocycles. The molecule has 6 nitrogen and oxygen atoms in total. The van der Waals surface area contributed by atoms with Crippen LogP contribution in [0.2, 0.25) is 0 Å². The molecule has 0 radical (unpaired) electrons. The largest absolute Gasteiger partial charge is 0.349 e. The van der Waals surface area contributed by atoms with Crippen LogP contribution >= 0.6 is 11.8 Å². The standard InChI is InChI=1S/C30H27N5OS/c1-3-18-35-29(33-34-30(35)37-20-28(36)31-21(2)22-12-6-4-7-13-22)25-19-27(23-14-8-5-9-15-23)32-26-17-11-10-16-24(25)26/h3-17,19,21H,1,18,20H2,2H3,(H,31,36). The number of fused-ring (bicyclic) bond motifs is 1. The van der Waals surface area contributed by atoms with Crippen LogP contribution in [0.5, 0.6) is 0 Å². The van der Waals surface area contributed by atoms with E-state index in [-0.39, 0.29) is 17.7 Å². The predicted molar refractivity (Wildman–Crippen MR) is 150 cm³/mol. The van der Waals surface area contributed by atoms with Gasteiger partial charge in [0.15, 0.2) is 11.0 Å². The molecule has 3 aromatic carbocycles. The Hall–Kier alpha value is -4.23. The van der Waals surface area contributed by atoms with Crippen molar-refractivity contribution in [1.29, 1.82) is 0 Å². The van der Waals surface area contributed by atoms with Gasteiger partial charge in [-0.2, -0.15) is 0 Å². The molecule has 5 aromatic rings. The van der Waals surface area contributed by atoms with E-state index in [2.05, 4.69) is 28.2 Å². The van der Waals surface area contributed by atoms with E-state index in [1.54, 1.807) is 0 Å². The Morgan fingerprint density at radius 2 is 1.70 bits per heavy atom. The van der Waals surface area contributed by atoms with Crippen molar-refractivity contribution in [3.63, 3.8) is 0 Å². The van der Waals surface area contributed by atoms with Crippen molar-refractivity contribution in [2.75, 3.05) is 5.75 Å². The third kappa shape index (κ3) is 5.47. The highest BCUT2D eigenvalue weighted by molar-refractivity contribution is 7.99. The van der Waals surface area contributed by atoms with Gasteiger partial charge >= 0.3 is 0 Å². The van der Waals surface area contributed by atoms with Crippen LogP contribution in [-0.2, 0) is 11.3 Å². The number of amides is 1. The summed E-state index contributed by atoms with van der Waals surface area (Å²) in [5, 5.41) is 13.7. The first kappa shape index (κ1) is 24.5. The van der Waals surface area contributed by atoms with E-state index in [1.165, 1.54) is 11.8 Å². The van der Waals surface area contributed by atoms with E-state index in [1.807, 2.05) is 102 Å². The first-order valence-electron chi connectivity index (χ1n) is 12.1. The molecular weight excluding hydrogens is 478 g/mol. The van der Waals surface area contributed by atoms with Crippen molar-refractivity contribution in [3.8, 4) is 22.6 Å². The highest BCUT2D eigenvalue weighted by Crippen LogP contribution is 2.33. The van der Waals surface area contributed by atoms with E-state index in [9.17, 15) is 4.79 Å². The average molecular weight is 506 g/mol. The molecule has 1 N–H and O–H groups in total. The average Bonchev–Trinajstić information content (AvgIpc) is 3.34. The fourth-order valence-electron chi connectivity index (χ4n) is 4.24. The number of rotatable bonds is 9. The maximum atomic E-state index is 12.7. The van der Waals surface area contributed by atoms with Crippen molar-refractivity contribution < 1.29 is 4.79 Å². The lowest BCUT2D eigenvalue weighted by molar-refractivity contribution is -0.119. The van der Waals surface area contributed by atoms with Gasteiger partial charge in [-0.15, -0.1) is 16.8 Å². The van der Waals surface area contributed by atoms with Gasteiger partial charge in [0.2, 0.25) is 5.91 Å². The van der Waals surface area contributed by atoms with Crippen LogP contribution < -0.4 is 5.32 Å². The van der Waals surface area contributed by atoms with E-state index < -0.39 is 0 Å². The Morgan fingerprint density at radius 3 is 2.46 bits per heavy atom. The normalized spacial score (nSPS) is 11.8. The highest BCUT2D eigenvalue weighted by atomic mass is 32.2. The molecule has 2 aromatic heterocycles. The molecule has 0 saturated heterocycles. The van der Waals surface area contributed by atoms with Gasteiger partial charge in [-0.05, 0) is 24.6 Å². The lowest BCUT2D eigenvalue weighted by atomic mass is 10.0. The van der Waals surface area contributed by atoms with Gasteiger partial charge < -0.3 is 5.32 Å². The van der Waals surface area contributed by atoms with Crippen molar-refractivity contribution >= 4 is 28.6 Å². The van der Waals surface area contributed by atoms with Gasteiger partial charge in [-0.3, -0.25) is 9.36 Å².